The summed E-state index contributed by atoms with van der Waals surface area (Å²) in [6.07, 6.45) is 0.796. The average Bonchev–Trinajstić information content (AvgIpc) is 2.23. The Bertz CT molecular complexity index is 397. The normalized spacial score (nSPS) is 10.1. The van der Waals surface area contributed by atoms with Crippen LogP contribution in [0.2, 0.25) is 10.0 Å². The highest BCUT2D eigenvalue weighted by Gasteiger charge is 2.11. The quantitative estimate of drug-likeness (QED) is 0.571. The second-order valence-electron chi connectivity index (χ2n) is 3.92. The van der Waals surface area contributed by atoms with E-state index in [9.17, 15) is 4.79 Å². The van der Waals surface area contributed by atoms with Gasteiger partial charge in [-0.2, -0.15) is 0 Å². The van der Waals surface area contributed by atoms with Crippen LogP contribution < -0.4 is 12.4 Å². The Morgan fingerprint density at radius 1 is 1.33 bits per heavy atom. The number of halogens is 3. The van der Waals surface area contributed by atoms with Crippen molar-refractivity contribution in [2.45, 2.75) is 6.42 Å². The summed E-state index contributed by atoms with van der Waals surface area (Å²) in [6, 6.07) is 4.71. The van der Waals surface area contributed by atoms with Gasteiger partial charge in [0.25, 0.3) is 0 Å². The summed E-state index contributed by atoms with van der Waals surface area (Å²) in [5.41, 5.74) is 0.348. The molecule has 0 fully saturated rings. The molecule has 6 heteroatoms. The van der Waals surface area contributed by atoms with Crippen LogP contribution in [-0.4, -0.2) is 38.1 Å². The fourth-order valence-corrected chi connectivity index (χ4v) is 1.76. The molecule has 0 amide bonds. The SMILES string of the molecule is CN(C)CCCOC(=O)c1ccc(Cl)cc1Cl.[Cl-]. The molecular weight excluding hydrogens is 296 g/mol. The molecule has 3 nitrogen and oxygen atoms in total. The van der Waals surface area contributed by atoms with E-state index in [1.54, 1.807) is 12.1 Å². The number of nitrogens with zero attached hydrogens (tertiary/aromatic N) is 1. The number of esters is 1. The van der Waals surface area contributed by atoms with Gasteiger partial charge in [-0.25, -0.2) is 4.79 Å². The molecule has 1 aromatic carbocycles. The Morgan fingerprint density at radius 2 is 2.00 bits per heavy atom. The van der Waals surface area contributed by atoms with Crippen molar-refractivity contribution in [1.29, 1.82) is 0 Å². The van der Waals surface area contributed by atoms with Gasteiger partial charge in [-0.3, -0.25) is 0 Å². The lowest BCUT2D eigenvalue weighted by Crippen LogP contribution is -3.00. The van der Waals surface area contributed by atoms with Crippen LogP contribution in [-0.2, 0) is 4.74 Å². The first-order chi connectivity index (χ1) is 8.00. The van der Waals surface area contributed by atoms with Crippen LogP contribution in [0, 0.1) is 0 Å². The van der Waals surface area contributed by atoms with E-state index < -0.39 is 5.97 Å². The predicted octanol–water partition coefficient (Wildman–Crippen LogP) is 0.106. The van der Waals surface area contributed by atoms with Crippen LogP contribution in [0.5, 0.6) is 0 Å². The summed E-state index contributed by atoms with van der Waals surface area (Å²) in [5.74, 6) is -0.412. The van der Waals surface area contributed by atoms with E-state index in [0.717, 1.165) is 13.0 Å². The number of benzene rings is 1. The minimum absolute atomic E-state index is 0. The molecule has 0 heterocycles. The molecule has 0 aliphatic heterocycles. The van der Waals surface area contributed by atoms with Crippen LogP contribution >= 0.6 is 23.2 Å². The summed E-state index contributed by atoms with van der Waals surface area (Å²) in [5, 5.41) is 0.814. The van der Waals surface area contributed by atoms with E-state index in [-0.39, 0.29) is 12.4 Å². The number of rotatable bonds is 5. The summed E-state index contributed by atoms with van der Waals surface area (Å²) in [4.78, 5) is 13.7. The fourth-order valence-electron chi connectivity index (χ4n) is 1.28. The summed E-state index contributed by atoms with van der Waals surface area (Å²) >= 11 is 11.6. The van der Waals surface area contributed by atoms with Gasteiger partial charge >= 0.3 is 5.97 Å². The van der Waals surface area contributed by atoms with Crippen LogP contribution in [0.15, 0.2) is 18.2 Å². The Hall–Kier alpha value is -0.480. The van der Waals surface area contributed by atoms with Crippen LogP contribution in [0.1, 0.15) is 16.8 Å². The van der Waals surface area contributed by atoms with Gasteiger partial charge in [0.1, 0.15) is 0 Å². The minimum atomic E-state index is -0.412. The topological polar surface area (TPSA) is 29.5 Å². The van der Waals surface area contributed by atoms with Gasteiger partial charge in [0.2, 0.25) is 0 Å². The van der Waals surface area contributed by atoms with Crippen molar-refractivity contribution in [1.82, 2.24) is 4.90 Å². The van der Waals surface area contributed by atoms with Crippen molar-refractivity contribution in [2.75, 3.05) is 27.2 Å². The highest BCUT2D eigenvalue weighted by molar-refractivity contribution is 6.36. The summed E-state index contributed by atoms with van der Waals surface area (Å²) in [6.45, 7) is 1.26. The lowest BCUT2D eigenvalue weighted by Gasteiger charge is -2.10. The zero-order chi connectivity index (χ0) is 12.8. The third-order valence-electron chi connectivity index (χ3n) is 2.13. The largest absolute Gasteiger partial charge is 1.00 e. The van der Waals surface area contributed by atoms with Crippen LogP contribution in [0.25, 0.3) is 0 Å². The number of carbonyl (C=O) groups is 1. The minimum Gasteiger partial charge on any atom is -1.00 e. The van der Waals surface area contributed by atoms with Crippen molar-refractivity contribution in [3.8, 4) is 0 Å². The fraction of sp³-hybridized carbons (Fsp3) is 0.417. The second kappa shape index (κ2) is 8.59. The zero-order valence-electron chi connectivity index (χ0n) is 10.3. The molecule has 0 aliphatic carbocycles. The van der Waals surface area contributed by atoms with Crippen molar-refractivity contribution < 1.29 is 21.9 Å². The second-order valence-corrected chi connectivity index (χ2v) is 4.76. The molecule has 1 rings (SSSR count). The first-order valence-corrected chi connectivity index (χ1v) is 6.03. The van der Waals surface area contributed by atoms with E-state index in [1.165, 1.54) is 6.07 Å². The predicted molar refractivity (Wildman–Crippen MR) is 69.9 cm³/mol. The Labute approximate surface area is 123 Å². The monoisotopic (exact) mass is 310 g/mol. The first-order valence-electron chi connectivity index (χ1n) is 5.27. The van der Waals surface area contributed by atoms with Gasteiger partial charge in [0.15, 0.2) is 0 Å². The van der Waals surface area contributed by atoms with E-state index in [1.807, 2.05) is 19.0 Å². The lowest BCUT2D eigenvalue weighted by atomic mass is 10.2. The van der Waals surface area contributed by atoms with Gasteiger partial charge in [0.05, 0.1) is 17.2 Å². The highest BCUT2D eigenvalue weighted by Crippen LogP contribution is 2.21. The van der Waals surface area contributed by atoms with Crippen molar-refractivity contribution >= 4 is 29.2 Å². The molecule has 0 N–H and O–H groups in total. The van der Waals surface area contributed by atoms with Gasteiger partial charge < -0.3 is 22.0 Å². The van der Waals surface area contributed by atoms with Crippen LogP contribution in [0.4, 0.5) is 0 Å². The molecule has 0 saturated heterocycles. The van der Waals surface area contributed by atoms with Gasteiger partial charge in [-0.05, 0) is 38.7 Å². The van der Waals surface area contributed by atoms with Crippen LogP contribution in [0.3, 0.4) is 0 Å². The molecule has 1 aromatic rings. The van der Waals surface area contributed by atoms with Crippen molar-refractivity contribution in [2.24, 2.45) is 0 Å². The Morgan fingerprint density at radius 3 is 2.56 bits per heavy atom. The summed E-state index contributed by atoms with van der Waals surface area (Å²) < 4.78 is 5.11. The van der Waals surface area contributed by atoms with E-state index >= 15 is 0 Å². The smallest absolute Gasteiger partial charge is 0.339 e. The van der Waals surface area contributed by atoms with Gasteiger partial charge in [-0.1, -0.05) is 23.2 Å². The molecule has 0 radical (unpaired) electrons. The molecule has 0 aliphatic rings. The maximum atomic E-state index is 11.7. The van der Waals surface area contributed by atoms with Crippen molar-refractivity contribution in [3.05, 3.63) is 33.8 Å². The van der Waals surface area contributed by atoms with E-state index in [2.05, 4.69) is 0 Å². The molecule has 0 atom stereocenters. The van der Waals surface area contributed by atoms with Gasteiger partial charge in [0, 0.05) is 11.6 Å². The van der Waals surface area contributed by atoms with E-state index in [4.69, 9.17) is 27.9 Å². The maximum Gasteiger partial charge on any atom is 0.339 e. The number of hydrogen-bond donors (Lipinski definition) is 0. The third kappa shape index (κ3) is 5.91. The number of ether oxygens (including phenoxy) is 1. The van der Waals surface area contributed by atoms with Crippen molar-refractivity contribution in [3.63, 3.8) is 0 Å². The first kappa shape index (κ1) is 17.5. The maximum absolute atomic E-state index is 11.7. The lowest BCUT2D eigenvalue weighted by molar-refractivity contribution is -0.0000218. The molecule has 0 unspecified atom stereocenters. The third-order valence-corrected chi connectivity index (χ3v) is 2.68. The Balaban J connectivity index is 0.00000289. The molecule has 102 valence electrons. The standard InChI is InChI=1S/C12H15Cl2NO2.ClH/c1-15(2)6-3-7-17-12(16)10-5-4-9(13)8-11(10)14;/h4-5,8H,3,6-7H2,1-2H3;1H/p-1. The average molecular weight is 312 g/mol. The molecule has 0 aromatic heterocycles. The zero-order valence-corrected chi connectivity index (χ0v) is 12.5. The van der Waals surface area contributed by atoms with Gasteiger partial charge in [-0.15, -0.1) is 0 Å². The molecule has 0 bridgehead atoms. The summed E-state index contributed by atoms with van der Waals surface area (Å²) in [7, 11) is 3.94. The molecule has 0 spiro atoms. The molecule has 0 saturated carbocycles. The highest BCUT2D eigenvalue weighted by atomic mass is 35.5. The molecular formula is C12H15Cl3NO2-. The number of carbonyl (C=O) groups excluding carboxylic acids is 1. The molecule has 18 heavy (non-hydrogen) atoms. The Kier molecular flexibility index (Phi) is 8.36. The number of hydrogen-bond acceptors (Lipinski definition) is 3. The van der Waals surface area contributed by atoms with E-state index in [0.29, 0.717) is 22.2 Å².